The molecule has 1 aromatic heterocycles. The molecule has 0 amide bonds. The molecule has 0 atom stereocenters. The molecule has 0 N–H and O–H groups in total. The molecule has 0 saturated carbocycles. The monoisotopic (exact) mass is 165 g/mol. The molecule has 1 heterocycles. The Morgan fingerprint density at radius 3 is 3.09 bits per heavy atom. The van der Waals surface area contributed by atoms with Crippen LogP contribution < -0.4 is 0 Å². The number of aromatic nitrogens is 1. The van der Waals surface area contributed by atoms with Gasteiger partial charge in [-0.25, -0.2) is 0 Å². The van der Waals surface area contributed by atoms with Crippen LogP contribution in [-0.4, -0.2) is 10.9 Å². The highest BCUT2D eigenvalue weighted by molar-refractivity contribution is 6.18. The molecule has 1 aromatic rings. The standard InChI is InChI=1S/C9H8ClN/c10-6-2-1-4-9-5-3-7-11-8-9/h3,5,7-8H,2,6H2. The fraction of sp³-hybridized carbons (Fsp3) is 0.222. The second kappa shape index (κ2) is 4.76. The summed E-state index contributed by atoms with van der Waals surface area (Å²) >= 11 is 5.45. The van der Waals surface area contributed by atoms with Gasteiger partial charge in [-0.1, -0.05) is 11.8 Å². The first-order valence-corrected chi connectivity index (χ1v) is 3.92. The van der Waals surface area contributed by atoms with Gasteiger partial charge < -0.3 is 0 Å². The van der Waals surface area contributed by atoms with Crippen molar-refractivity contribution < 1.29 is 0 Å². The van der Waals surface area contributed by atoms with E-state index in [2.05, 4.69) is 16.8 Å². The van der Waals surface area contributed by atoms with Crippen LogP contribution in [-0.2, 0) is 0 Å². The second-order valence-corrected chi connectivity index (χ2v) is 2.36. The van der Waals surface area contributed by atoms with Gasteiger partial charge in [-0.3, -0.25) is 4.98 Å². The number of alkyl halides is 1. The van der Waals surface area contributed by atoms with E-state index in [4.69, 9.17) is 11.6 Å². The van der Waals surface area contributed by atoms with Crippen molar-refractivity contribution in [2.75, 3.05) is 5.88 Å². The van der Waals surface area contributed by atoms with Crippen molar-refractivity contribution in [3.05, 3.63) is 30.1 Å². The topological polar surface area (TPSA) is 12.9 Å². The van der Waals surface area contributed by atoms with Crippen LogP contribution in [0.2, 0.25) is 0 Å². The van der Waals surface area contributed by atoms with Gasteiger partial charge in [-0.05, 0) is 12.1 Å². The predicted molar refractivity (Wildman–Crippen MR) is 46.5 cm³/mol. The molecule has 0 aliphatic rings. The summed E-state index contributed by atoms with van der Waals surface area (Å²) in [6.07, 6.45) is 4.20. The van der Waals surface area contributed by atoms with E-state index in [1.165, 1.54) is 0 Å². The molecular weight excluding hydrogens is 158 g/mol. The van der Waals surface area contributed by atoms with Gasteiger partial charge in [0, 0.05) is 30.3 Å². The van der Waals surface area contributed by atoms with Crippen molar-refractivity contribution in [3.63, 3.8) is 0 Å². The van der Waals surface area contributed by atoms with E-state index in [1.807, 2.05) is 12.1 Å². The summed E-state index contributed by atoms with van der Waals surface area (Å²) in [5.74, 6) is 6.47. The summed E-state index contributed by atoms with van der Waals surface area (Å²) in [5.41, 5.74) is 0.942. The van der Waals surface area contributed by atoms with Crippen molar-refractivity contribution in [1.82, 2.24) is 4.98 Å². The van der Waals surface area contributed by atoms with Gasteiger partial charge in [0.05, 0.1) is 0 Å². The molecule has 0 bridgehead atoms. The van der Waals surface area contributed by atoms with Crippen LogP contribution in [0, 0.1) is 11.8 Å². The lowest BCUT2D eigenvalue weighted by Crippen LogP contribution is -1.75. The molecule has 0 aliphatic carbocycles. The van der Waals surface area contributed by atoms with E-state index in [0.29, 0.717) is 5.88 Å². The molecular formula is C9H8ClN. The maximum absolute atomic E-state index is 5.45. The van der Waals surface area contributed by atoms with Crippen LogP contribution in [0.25, 0.3) is 0 Å². The molecule has 0 saturated heterocycles. The maximum atomic E-state index is 5.45. The minimum atomic E-state index is 0.591. The molecule has 0 aliphatic heterocycles. The lowest BCUT2D eigenvalue weighted by molar-refractivity contribution is 1.28. The maximum Gasteiger partial charge on any atom is 0.0428 e. The van der Waals surface area contributed by atoms with E-state index in [0.717, 1.165) is 12.0 Å². The molecule has 2 heteroatoms. The highest BCUT2D eigenvalue weighted by Gasteiger charge is 1.80. The van der Waals surface area contributed by atoms with Crippen molar-refractivity contribution in [2.24, 2.45) is 0 Å². The van der Waals surface area contributed by atoms with E-state index in [9.17, 15) is 0 Å². The van der Waals surface area contributed by atoms with Crippen molar-refractivity contribution >= 4 is 11.6 Å². The average Bonchev–Trinajstić information content (AvgIpc) is 2.07. The van der Waals surface area contributed by atoms with E-state index in [-0.39, 0.29) is 0 Å². The van der Waals surface area contributed by atoms with Gasteiger partial charge in [0.15, 0.2) is 0 Å². The van der Waals surface area contributed by atoms with Crippen LogP contribution in [0.5, 0.6) is 0 Å². The number of halogens is 1. The van der Waals surface area contributed by atoms with Crippen LogP contribution in [0.15, 0.2) is 24.5 Å². The summed E-state index contributed by atoms with van der Waals surface area (Å²) in [7, 11) is 0. The second-order valence-electron chi connectivity index (χ2n) is 1.98. The van der Waals surface area contributed by atoms with Crippen LogP contribution >= 0.6 is 11.6 Å². The number of hydrogen-bond acceptors (Lipinski definition) is 1. The van der Waals surface area contributed by atoms with Gasteiger partial charge in [0.25, 0.3) is 0 Å². The minimum absolute atomic E-state index is 0.591. The number of hydrogen-bond donors (Lipinski definition) is 0. The third kappa shape index (κ3) is 3.06. The van der Waals surface area contributed by atoms with Gasteiger partial charge in [0.1, 0.15) is 0 Å². The molecule has 1 nitrogen and oxygen atoms in total. The Hall–Kier alpha value is -1.00. The van der Waals surface area contributed by atoms with Gasteiger partial charge >= 0.3 is 0 Å². The minimum Gasteiger partial charge on any atom is -0.263 e. The SMILES string of the molecule is ClCCC#Cc1cccnc1. The largest absolute Gasteiger partial charge is 0.263 e. The van der Waals surface area contributed by atoms with E-state index < -0.39 is 0 Å². The third-order valence-corrected chi connectivity index (χ3v) is 1.30. The molecule has 1 rings (SSSR count). The van der Waals surface area contributed by atoms with Crippen LogP contribution in [0.4, 0.5) is 0 Å². The van der Waals surface area contributed by atoms with Gasteiger partial charge in [-0.15, -0.1) is 11.6 Å². The quantitative estimate of drug-likeness (QED) is 0.459. The Morgan fingerprint density at radius 1 is 1.55 bits per heavy atom. The van der Waals surface area contributed by atoms with Gasteiger partial charge in [0.2, 0.25) is 0 Å². The zero-order valence-electron chi connectivity index (χ0n) is 6.05. The first-order chi connectivity index (χ1) is 5.43. The first kappa shape index (κ1) is 8.10. The highest BCUT2D eigenvalue weighted by Crippen LogP contribution is 1.91. The summed E-state index contributed by atoms with van der Waals surface area (Å²) in [6, 6.07) is 3.79. The predicted octanol–water partition coefficient (Wildman–Crippen LogP) is 2.06. The van der Waals surface area contributed by atoms with Crippen LogP contribution in [0.3, 0.4) is 0 Å². The fourth-order valence-corrected chi connectivity index (χ4v) is 0.743. The lowest BCUT2D eigenvalue weighted by Gasteiger charge is -1.84. The zero-order chi connectivity index (χ0) is 7.94. The van der Waals surface area contributed by atoms with E-state index in [1.54, 1.807) is 12.4 Å². The van der Waals surface area contributed by atoms with Crippen LogP contribution in [0.1, 0.15) is 12.0 Å². The molecule has 0 fully saturated rings. The lowest BCUT2D eigenvalue weighted by atomic mass is 10.3. The van der Waals surface area contributed by atoms with Crippen molar-refractivity contribution in [2.45, 2.75) is 6.42 Å². The smallest absolute Gasteiger partial charge is 0.0428 e. The zero-order valence-corrected chi connectivity index (χ0v) is 6.80. The molecule has 0 unspecified atom stereocenters. The summed E-state index contributed by atoms with van der Waals surface area (Å²) < 4.78 is 0. The Bertz CT molecular complexity index is 258. The van der Waals surface area contributed by atoms with E-state index >= 15 is 0 Å². The number of rotatable bonds is 1. The third-order valence-electron chi connectivity index (χ3n) is 1.11. The molecule has 56 valence electrons. The van der Waals surface area contributed by atoms with Gasteiger partial charge in [-0.2, -0.15) is 0 Å². The molecule has 0 radical (unpaired) electrons. The van der Waals surface area contributed by atoms with Crippen molar-refractivity contribution in [1.29, 1.82) is 0 Å². The fourth-order valence-electron chi connectivity index (χ4n) is 0.649. The molecule has 0 aromatic carbocycles. The highest BCUT2D eigenvalue weighted by atomic mass is 35.5. The summed E-state index contributed by atoms with van der Waals surface area (Å²) in [6.45, 7) is 0. The molecule has 0 spiro atoms. The number of nitrogens with zero attached hydrogens (tertiary/aromatic N) is 1. The Kier molecular flexibility index (Phi) is 3.51. The Balaban J connectivity index is 2.59. The van der Waals surface area contributed by atoms with Crippen molar-refractivity contribution in [3.8, 4) is 11.8 Å². The summed E-state index contributed by atoms with van der Waals surface area (Å²) in [5, 5.41) is 0. The summed E-state index contributed by atoms with van der Waals surface area (Å²) in [4.78, 5) is 3.93. The number of pyridine rings is 1. The molecule has 11 heavy (non-hydrogen) atoms. The Morgan fingerprint density at radius 2 is 2.45 bits per heavy atom. The first-order valence-electron chi connectivity index (χ1n) is 3.38. The normalized spacial score (nSPS) is 8.45. The Labute approximate surface area is 71.4 Å². The average molecular weight is 166 g/mol.